The average Bonchev–Trinajstić information content (AvgIpc) is 2.02. The fraction of sp³-hybridized carbons (Fsp3) is 0.333. The molecule has 0 heterocycles. The minimum absolute atomic E-state index is 0.132. The van der Waals surface area contributed by atoms with Gasteiger partial charge in [-0.15, -0.1) is 0 Å². The van der Waals surface area contributed by atoms with Crippen molar-refractivity contribution in [2.45, 2.75) is 6.92 Å². The second-order valence-electron chi connectivity index (χ2n) is 2.75. The SMILES string of the molecule is Cc1cc(Br)c(NCCO)c(Br)c1. The van der Waals surface area contributed by atoms with E-state index in [0.29, 0.717) is 6.54 Å². The van der Waals surface area contributed by atoms with E-state index >= 15 is 0 Å². The number of nitrogens with one attached hydrogen (secondary N) is 1. The molecule has 0 saturated heterocycles. The van der Waals surface area contributed by atoms with Gasteiger partial charge in [-0.05, 0) is 56.5 Å². The number of halogens is 2. The van der Waals surface area contributed by atoms with E-state index < -0.39 is 0 Å². The van der Waals surface area contributed by atoms with E-state index in [-0.39, 0.29) is 6.61 Å². The molecule has 4 heteroatoms. The summed E-state index contributed by atoms with van der Waals surface area (Å²) in [6, 6.07) is 4.06. The van der Waals surface area contributed by atoms with Crippen molar-refractivity contribution >= 4 is 37.5 Å². The number of benzene rings is 1. The van der Waals surface area contributed by atoms with E-state index in [1.54, 1.807) is 0 Å². The van der Waals surface area contributed by atoms with Crippen LogP contribution in [0.1, 0.15) is 5.56 Å². The third kappa shape index (κ3) is 2.97. The second-order valence-corrected chi connectivity index (χ2v) is 4.46. The minimum Gasteiger partial charge on any atom is -0.395 e. The molecule has 0 spiro atoms. The van der Waals surface area contributed by atoms with Crippen LogP contribution in [0.15, 0.2) is 21.1 Å². The van der Waals surface area contributed by atoms with Gasteiger partial charge in [0.1, 0.15) is 0 Å². The van der Waals surface area contributed by atoms with Crippen molar-refractivity contribution in [2.24, 2.45) is 0 Å². The first-order chi connectivity index (χ1) is 6.15. The van der Waals surface area contributed by atoms with Crippen LogP contribution in [0.4, 0.5) is 5.69 Å². The van der Waals surface area contributed by atoms with E-state index in [9.17, 15) is 0 Å². The number of aryl methyl sites for hydroxylation is 1. The Bertz CT molecular complexity index is 279. The van der Waals surface area contributed by atoms with Gasteiger partial charge < -0.3 is 10.4 Å². The Morgan fingerprint density at radius 2 is 1.85 bits per heavy atom. The van der Waals surface area contributed by atoms with Crippen LogP contribution >= 0.6 is 31.9 Å². The molecule has 0 amide bonds. The molecule has 0 radical (unpaired) electrons. The molecule has 2 N–H and O–H groups in total. The van der Waals surface area contributed by atoms with Crippen LogP contribution in [-0.2, 0) is 0 Å². The standard InChI is InChI=1S/C9H11Br2NO/c1-6-4-7(10)9(8(11)5-6)12-2-3-13/h4-5,12-13H,2-3H2,1H3. The molecule has 0 atom stereocenters. The van der Waals surface area contributed by atoms with Gasteiger partial charge in [0.25, 0.3) is 0 Å². The molecule has 2 nitrogen and oxygen atoms in total. The van der Waals surface area contributed by atoms with Crippen LogP contribution in [0.3, 0.4) is 0 Å². The summed E-state index contributed by atoms with van der Waals surface area (Å²) in [5.41, 5.74) is 2.17. The molecule has 0 aromatic heterocycles. The average molecular weight is 309 g/mol. The Hall–Kier alpha value is -0.0600. The number of anilines is 1. The summed E-state index contributed by atoms with van der Waals surface area (Å²) in [6.07, 6.45) is 0. The highest BCUT2D eigenvalue weighted by Crippen LogP contribution is 2.31. The highest BCUT2D eigenvalue weighted by Gasteiger charge is 2.04. The fourth-order valence-electron chi connectivity index (χ4n) is 1.05. The zero-order valence-corrected chi connectivity index (χ0v) is 10.4. The highest BCUT2D eigenvalue weighted by atomic mass is 79.9. The first-order valence-corrected chi connectivity index (χ1v) is 5.54. The summed E-state index contributed by atoms with van der Waals surface area (Å²) in [5, 5.41) is 11.8. The molecule has 1 aromatic rings. The summed E-state index contributed by atoms with van der Waals surface area (Å²) in [5.74, 6) is 0. The molecule has 0 saturated carbocycles. The minimum atomic E-state index is 0.132. The smallest absolute Gasteiger partial charge is 0.0629 e. The molecule has 1 rings (SSSR count). The molecule has 1 aromatic carbocycles. The van der Waals surface area contributed by atoms with E-state index in [1.165, 1.54) is 5.56 Å². The first kappa shape index (κ1) is 11.0. The van der Waals surface area contributed by atoms with Crippen LogP contribution < -0.4 is 5.32 Å². The Labute approximate surface area is 94.6 Å². The lowest BCUT2D eigenvalue weighted by molar-refractivity contribution is 0.311. The monoisotopic (exact) mass is 307 g/mol. The Morgan fingerprint density at radius 3 is 2.31 bits per heavy atom. The molecule has 0 unspecified atom stereocenters. The number of aliphatic hydroxyl groups excluding tert-OH is 1. The summed E-state index contributed by atoms with van der Waals surface area (Å²) >= 11 is 6.91. The number of hydrogen-bond acceptors (Lipinski definition) is 2. The van der Waals surface area contributed by atoms with Gasteiger partial charge in [-0.3, -0.25) is 0 Å². The zero-order chi connectivity index (χ0) is 9.84. The fourth-order valence-corrected chi connectivity index (χ4v) is 2.75. The third-order valence-electron chi connectivity index (χ3n) is 1.60. The van der Waals surface area contributed by atoms with Crippen LogP contribution in [0.25, 0.3) is 0 Å². The molecule has 0 aliphatic carbocycles. The van der Waals surface area contributed by atoms with E-state index in [4.69, 9.17) is 5.11 Å². The lowest BCUT2D eigenvalue weighted by Crippen LogP contribution is -2.06. The molecule has 13 heavy (non-hydrogen) atoms. The van der Waals surface area contributed by atoms with Crippen molar-refractivity contribution in [3.05, 3.63) is 26.6 Å². The number of aliphatic hydroxyl groups is 1. The van der Waals surface area contributed by atoms with Gasteiger partial charge in [-0.2, -0.15) is 0 Å². The van der Waals surface area contributed by atoms with Gasteiger partial charge in [0.05, 0.1) is 12.3 Å². The number of rotatable bonds is 3. The first-order valence-electron chi connectivity index (χ1n) is 3.95. The molecular formula is C9H11Br2NO. The summed E-state index contributed by atoms with van der Waals surface area (Å²) in [6.45, 7) is 2.72. The van der Waals surface area contributed by atoms with Gasteiger partial charge in [0, 0.05) is 15.5 Å². The Balaban J connectivity index is 2.92. The van der Waals surface area contributed by atoms with Crippen molar-refractivity contribution in [3.63, 3.8) is 0 Å². The highest BCUT2D eigenvalue weighted by molar-refractivity contribution is 9.11. The third-order valence-corrected chi connectivity index (χ3v) is 2.85. The lowest BCUT2D eigenvalue weighted by atomic mass is 10.2. The van der Waals surface area contributed by atoms with Crippen LogP contribution in [0.5, 0.6) is 0 Å². The molecule has 0 aliphatic heterocycles. The van der Waals surface area contributed by atoms with Gasteiger partial charge in [-0.1, -0.05) is 0 Å². The summed E-state index contributed by atoms with van der Waals surface area (Å²) in [7, 11) is 0. The lowest BCUT2D eigenvalue weighted by Gasteiger charge is -2.10. The zero-order valence-electron chi connectivity index (χ0n) is 7.27. The maximum atomic E-state index is 8.67. The molecule has 0 aliphatic rings. The largest absolute Gasteiger partial charge is 0.395 e. The van der Waals surface area contributed by atoms with E-state index in [1.807, 2.05) is 19.1 Å². The van der Waals surface area contributed by atoms with Crippen molar-refractivity contribution in [1.29, 1.82) is 0 Å². The second kappa shape index (κ2) is 4.98. The topological polar surface area (TPSA) is 32.3 Å². The van der Waals surface area contributed by atoms with Crippen molar-refractivity contribution < 1.29 is 5.11 Å². The van der Waals surface area contributed by atoms with Gasteiger partial charge in [-0.25, -0.2) is 0 Å². The predicted molar refractivity (Wildman–Crippen MR) is 62.2 cm³/mol. The van der Waals surface area contributed by atoms with Crippen molar-refractivity contribution in [2.75, 3.05) is 18.5 Å². The van der Waals surface area contributed by atoms with Crippen molar-refractivity contribution in [3.8, 4) is 0 Å². The molecule has 72 valence electrons. The number of hydrogen-bond donors (Lipinski definition) is 2. The van der Waals surface area contributed by atoms with Crippen LogP contribution in [0, 0.1) is 6.92 Å². The quantitative estimate of drug-likeness (QED) is 0.900. The Morgan fingerprint density at radius 1 is 1.31 bits per heavy atom. The van der Waals surface area contributed by atoms with Gasteiger partial charge in [0.15, 0.2) is 0 Å². The van der Waals surface area contributed by atoms with E-state index in [0.717, 1.165) is 14.6 Å². The normalized spacial score (nSPS) is 10.2. The predicted octanol–water partition coefficient (Wildman–Crippen LogP) is 2.92. The molecule has 0 fully saturated rings. The Kier molecular flexibility index (Phi) is 4.22. The summed E-state index contributed by atoms with van der Waals surface area (Å²) < 4.78 is 2.01. The summed E-state index contributed by atoms with van der Waals surface area (Å²) in [4.78, 5) is 0. The molecular weight excluding hydrogens is 298 g/mol. The van der Waals surface area contributed by atoms with Gasteiger partial charge >= 0.3 is 0 Å². The van der Waals surface area contributed by atoms with Gasteiger partial charge in [0.2, 0.25) is 0 Å². The van der Waals surface area contributed by atoms with Crippen LogP contribution in [0.2, 0.25) is 0 Å². The molecule has 0 bridgehead atoms. The maximum Gasteiger partial charge on any atom is 0.0629 e. The van der Waals surface area contributed by atoms with Crippen LogP contribution in [-0.4, -0.2) is 18.3 Å². The van der Waals surface area contributed by atoms with Crippen molar-refractivity contribution in [1.82, 2.24) is 0 Å². The van der Waals surface area contributed by atoms with E-state index in [2.05, 4.69) is 37.2 Å². The maximum absolute atomic E-state index is 8.67.